The normalized spacial score (nSPS) is 12.0. The average molecular weight is 437 g/mol. The molecule has 3 aromatic rings. The summed E-state index contributed by atoms with van der Waals surface area (Å²) < 4.78 is 39.7. The second kappa shape index (κ2) is 7.79. The molecule has 0 amide bonds. The van der Waals surface area contributed by atoms with Crippen molar-refractivity contribution in [1.82, 2.24) is 15.0 Å². The Morgan fingerprint density at radius 2 is 2.00 bits per heavy atom. The first-order chi connectivity index (χ1) is 12.3. The minimum absolute atomic E-state index is 0.0902. The molecule has 0 aliphatic rings. The zero-order valence-corrected chi connectivity index (χ0v) is 16.5. The quantitative estimate of drug-likeness (QED) is 0.250. The molecule has 3 heterocycles. The lowest BCUT2D eigenvalue weighted by Crippen LogP contribution is -2.04. The van der Waals surface area contributed by atoms with Gasteiger partial charge in [-0.3, -0.25) is 0 Å². The van der Waals surface area contributed by atoms with Gasteiger partial charge in [-0.25, -0.2) is 15.0 Å². The second-order valence-electron chi connectivity index (χ2n) is 5.14. The number of pyridine rings is 1. The lowest BCUT2D eigenvalue weighted by molar-refractivity contribution is -0.136. The van der Waals surface area contributed by atoms with Crippen molar-refractivity contribution in [3.63, 3.8) is 0 Å². The van der Waals surface area contributed by atoms with Gasteiger partial charge in [0.2, 0.25) is 0 Å². The van der Waals surface area contributed by atoms with Crippen molar-refractivity contribution in [2.24, 2.45) is 0 Å². The van der Waals surface area contributed by atoms with E-state index >= 15 is 0 Å². The number of rotatable bonds is 5. The van der Waals surface area contributed by atoms with E-state index < -0.39 is 11.7 Å². The first-order valence-electron chi connectivity index (χ1n) is 7.23. The van der Waals surface area contributed by atoms with Gasteiger partial charge in [-0.05, 0) is 18.7 Å². The van der Waals surface area contributed by atoms with Crippen LogP contribution in [0.1, 0.15) is 11.3 Å². The van der Waals surface area contributed by atoms with Gasteiger partial charge in [0.15, 0.2) is 5.16 Å². The van der Waals surface area contributed by atoms with E-state index in [1.165, 1.54) is 29.6 Å². The summed E-state index contributed by atoms with van der Waals surface area (Å²) in [4.78, 5) is 12.7. The number of thiophene rings is 1. The van der Waals surface area contributed by atoms with Gasteiger partial charge in [-0.2, -0.15) is 13.2 Å². The van der Waals surface area contributed by atoms with Gasteiger partial charge in [0.25, 0.3) is 0 Å². The van der Waals surface area contributed by atoms with Crippen LogP contribution in [0.3, 0.4) is 0 Å². The van der Waals surface area contributed by atoms with Crippen LogP contribution in [0, 0.1) is 0 Å². The van der Waals surface area contributed by atoms with Crippen molar-refractivity contribution in [3.05, 3.63) is 33.9 Å². The highest BCUT2D eigenvalue weighted by Crippen LogP contribution is 2.40. The lowest BCUT2D eigenvalue weighted by Gasteiger charge is -2.07. The number of thioether (sulfide) groups is 2. The topological polar surface area (TPSA) is 64.7 Å². The van der Waals surface area contributed by atoms with Gasteiger partial charge < -0.3 is 5.73 Å². The fourth-order valence-corrected chi connectivity index (χ4v) is 4.81. The largest absolute Gasteiger partial charge is 0.417 e. The minimum Gasteiger partial charge on any atom is -0.384 e. The van der Waals surface area contributed by atoms with Gasteiger partial charge >= 0.3 is 6.18 Å². The molecule has 0 saturated carbocycles. The van der Waals surface area contributed by atoms with Gasteiger partial charge in [0.1, 0.15) is 16.0 Å². The third-order valence-electron chi connectivity index (χ3n) is 3.38. The summed E-state index contributed by atoms with van der Waals surface area (Å²) in [7, 11) is 0. The Morgan fingerprint density at radius 3 is 2.69 bits per heavy atom. The molecule has 26 heavy (non-hydrogen) atoms. The Kier molecular flexibility index (Phi) is 5.85. The zero-order chi connectivity index (χ0) is 18.9. The van der Waals surface area contributed by atoms with Crippen LogP contribution in [0.25, 0.3) is 10.1 Å². The summed E-state index contributed by atoms with van der Waals surface area (Å²) in [6.07, 6.45) is -2.10. The molecule has 0 unspecified atom stereocenters. The van der Waals surface area contributed by atoms with Crippen molar-refractivity contribution in [2.45, 2.75) is 22.8 Å². The maximum absolute atomic E-state index is 13.1. The fourth-order valence-electron chi connectivity index (χ4n) is 2.23. The average Bonchev–Trinajstić information content (AvgIpc) is 2.99. The zero-order valence-electron chi connectivity index (χ0n) is 13.3. The van der Waals surface area contributed by atoms with Crippen molar-refractivity contribution in [3.8, 4) is 0 Å². The van der Waals surface area contributed by atoms with E-state index in [1.807, 2.05) is 6.26 Å². The number of nitrogens with two attached hydrogens (primary N) is 1. The molecule has 138 valence electrons. The number of aromatic nitrogens is 3. The summed E-state index contributed by atoms with van der Waals surface area (Å²) in [5.41, 5.74) is 5.54. The van der Waals surface area contributed by atoms with Crippen LogP contribution in [-0.4, -0.2) is 27.0 Å². The number of nitrogens with zero attached hydrogens (tertiary/aromatic N) is 3. The van der Waals surface area contributed by atoms with Crippen LogP contribution < -0.4 is 5.73 Å². The molecule has 11 heteroatoms. The Labute approximate surface area is 164 Å². The molecule has 0 fully saturated rings. The summed E-state index contributed by atoms with van der Waals surface area (Å²) in [5, 5.41) is 2.53. The summed E-state index contributed by atoms with van der Waals surface area (Å²) in [5.74, 6) is 0.917. The van der Waals surface area contributed by atoms with E-state index in [0.29, 0.717) is 33.5 Å². The monoisotopic (exact) mass is 436 g/mol. The highest BCUT2D eigenvalue weighted by molar-refractivity contribution is 7.99. The third-order valence-corrected chi connectivity index (χ3v) is 6.24. The van der Waals surface area contributed by atoms with Crippen LogP contribution in [-0.2, 0) is 12.6 Å². The smallest absolute Gasteiger partial charge is 0.384 e. The number of nitrogen functional groups attached to an aromatic ring is 1. The predicted octanol–water partition coefficient (Wildman–Crippen LogP) is 5.40. The summed E-state index contributed by atoms with van der Waals surface area (Å²) in [6, 6.07) is 3.13. The molecule has 0 bridgehead atoms. The van der Waals surface area contributed by atoms with Crippen LogP contribution in [0.5, 0.6) is 0 Å². The molecule has 0 spiro atoms. The van der Waals surface area contributed by atoms with Crippen LogP contribution >= 0.6 is 46.5 Å². The van der Waals surface area contributed by atoms with Crippen LogP contribution in [0.2, 0.25) is 5.15 Å². The third kappa shape index (κ3) is 4.36. The Balaban J connectivity index is 1.78. The lowest BCUT2D eigenvalue weighted by atomic mass is 10.1. The number of alkyl halides is 3. The molecule has 0 aliphatic carbocycles. The number of hydrogen-bond acceptors (Lipinski definition) is 7. The van der Waals surface area contributed by atoms with Crippen molar-refractivity contribution in [2.75, 3.05) is 17.7 Å². The number of anilines is 1. The first kappa shape index (κ1) is 19.5. The van der Waals surface area contributed by atoms with E-state index in [2.05, 4.69) is 15.0 Å². The van der Waals surface area contributed by atoms with E-state index in [4.69, 9.17) is 17.3 Å². The van der Waals surface area contributed by atoms with Gasteiger partial charge in [0.05, 0.1) is 10.3 Å². The SMILES string of the molecule is CSc1cc(N)nc(SCCc2cc3c(C(F)(F)F)csc3c(Cl)n2)n1. The molecule has 0 aliphatic heterocycles. The first-order valence-corrected chi connectivity index (χ1v) is 10.7. The molecule has 0 aromatic carbocycles. The van der Waals surface area contributed by atoms with Gasteiger partial charge in [0, 0.05) is 28.3 Å². The number of hydrogen-bond donors (Lipinski definition) is 1. The molecule has 3 rings (SSSR count). The molecule has 0 saturated heterocycles. The van der Waals surface area contributed by atoms with E-state index in [1.54, 1.807) is 6.07 Å². The Bertz CT molecular complexity index is 946. The molecular formula is C15H12ClF3N4S3. The number of aryl methyl sites for hydroxylation is 1. The molecule has 0 atom stereocenters. The van der Waals surface area contributed by atoms with Gasteiger partial charge in [-0.15, -0.1) is 23.1 Å². The second-order valence-corrected chi connectivity index (χ2v) is 8.27. The van der Waals surface area contributed by atoms with Crippen LogP contribution in [0.15, 0.2) is 27.7 Å². The molecular weight excluding hydrogens is 425 g/mol. The van der Waals surface area contributed by atoms with Crippen molar-refractivity contribution < 1.29 is 13.2 Å². The van der Waals surface area contributed by atoms with E-state index in [9.17, 15) is 13.2 Å². The van der Waals surface area contributed by atoms with Crippen molar-refractivity contribution >= 4 is 62.4 Å². The number of fused-ring (bicyclic) bond motifs is 1. The highest BCUT2D eigenvalue weighted by Gasteiger charge is 2.34. The number of halogens is 4. The van der Waals surface area contributed by atoms with E-state index in [0.717, 1.165) is 21.7 Å². The van der Waals surface area contributed by atoms with Gasteiger partial charge in [-0.1, -0.05) is 23.4 Å². The minimum atomic E-state index is -4.42. The van der Waals surface area contributed by atoms with Crippen LogP contribution in [0.4, 0.5) is 19.0 Å². The Hall–Kier alpha value is -1.23. The van der Waals surface area contributed by atoms with E-state index in [-0.39, 0.29) is 10.5 Å². The maximum Gasteiger partial charge on any atom is 0.417 e. The molecule has 0 radical (unpaired) electrons. The predicted molar refractivity (Wildman–Crippen MR) is 102 cm³/mol. The molecule has 4 nitrogen and oxygen atoms in total. The molecule has 3 aromatic heterocycles. The molecule has 2 N–H and O–H groups in total. The maximum atomic E-state index is 13.1. The highest BCUT2D eigenvalue weighted by atomic mass is 35.5. The summed E-state index contributed by atoms with van der Waals surface area (Å²) >= 11 is 9.83. The van der Waals surface area contributed by atoms with Crippen molar-refractivity contribution in [1.29, 1.82) is 0 Å². The fraction of sp³-hybridized carbons (Fsp3) is 0.267. The standard InChI is InChI=1S/C15H12ClF3N4S3/c1-24-11-5-10(20)22-14(23-11)25-3-2-7-4-8-9(15(17,18)19)6-26-12(8)13(16)21-7/h4-6H,2-3H2,1H3,(H2,20,22,23). The summed E-state index contributed by atoms with van der Waals surface area (Å²) in [6.45, 7) is 0. The Morgan fingerprint density at radius 1 is 1.23 bits per heavy atom.